The first-order valence-electron chi connectivity index (χ1n) is 6.70. The van der Waals surface area contributed by atoms with Gasteiger partial charge in [0, 0.05) is 25.2 Å². The van der Waals surface area contributed by atoms with Crippen molar-refractivity contribution in [3.63, 3.8) is 0 Å². The summed E-state index contributed by atoms with van der Waals surface area (Å²) in [6, 6.07) is 4.91. The molecule has 102 valence electrons. The number of oxazole rings is 1. The van der Waals surface area contributed by atoms with Crippen LogP contribution in [0.15, 0.2) is 28.2 Å². The Balaban J connectivity index is 1.67. The topological polar surface area (TPSA) is 55.3 Å². The van der Waals surface area contributed by atoms with Gasteiger partial charge in [0.05, 0.1) is 10.6 Å². The number of aromatic nitrogens is 1. The summed E-state index contributed by atoms with van der Waals surface area (Å²) in [4.78, 5) is 8.08. The van der Waals surface area contributed by atoms with Crippen LogP contribution in [0.3, 0.4) is 0 Å². The van der Waals surface area contributed by atoms with Gasteiger partial charge in [-0.1, -0.05) is 6.07 Å². The fourth-order valence-corrected chi connectivity index (χ4v) is 3.25. The number of likely N-dealkylation sites (tertiary alicyclic amines) is 1. The molecule has 4 nitrogen and oxygen atoms in total. The van der Waals surface area contributed by atoms with Gasteiger partial charge in [-0.2, -0.15) is 0 Å². The van der Waals surface area contributed by atoms with Gasteiger partial charge in [-0.25, -0.2) is 4.98 Å². The van der Waals surface area contributed by atoms with Gasteiger partial charge in [0.2, 0.25) is 5.89 Å². The quantitative estimate of drug-likeness (QED) is 0.937. The van der Waals surface area contributed by atoms with Crippen LogP contribution in [0.25, 0.3) is 10.8 Å². The molecule has 0 aromatic carbocycles. The first kappa shape index (κ1) is 12.8. The lowest BCUT2D eigenvalue weighted by molar-refractivity contribution is 0.138. The normalized spacial score (nSPS) is 24.7. The third kappa shape index (κ3) is 2.88. The molecule has 3 rings (SSSR count). The zero-order valence-electron chi connectivity index (χ0n) is 11.1. The molecule has 0 spiro atoms. The van der Waals surface area contributed by atoms with E-state index in [0.717, 1.165) is 42.4 Å². The molecule has 0 bridgehead atoms. The number of hydrogen-bond acceptors (Lipinski definition) is 5. The Labute approximate surface area is 117 Å². The van der Waals surface area contributed by atoms with E-state index in [1.807, 2.05) is 17.5 Å². The predicted octanol–water partition coefficient (Wildman–Crippen LogP) is 2.71. The first-order chi connectivity index (χ1) is 9.22. The van der Waals surface area contributed by atoms with Crippen LogP contribution >= 0.6 is 11.3 Å². The van der Waals surface area contributed by atoms with E-state index in [0.29, 0.717) is 12.1 Å². The Hall–Kier alpha value is -1.17. The van der Waals surface area contributed by atoms with Crippen molar-refractivity contribution in [2.75, 3.05) is 6.54 Å². The van der Waals surface area contributed by atoms with E-state index in [-0.39, 0.29) is 0 Å². The van der Waals surface area contributed by atoms with E-state index in [9.17, 15) is 0 Å². The van der Waals surface area contributed by atoms with Gasteiger partial charge in [-0.15, -0.1) is 11.3 Å². The lowest BCUT2D eigenvalue weighted by Gasteiger charge is -2.35. The molecule has 5 heteroatoms. The summed E-state index contributed by atoms with van der Waals surface area (Å²) < 4.78 is 5.55. The second kappa shape index (κ2) is 5.45. The second-order valence-corrected chi connectivity index (χ2v) is 6.17. The molecule has 3 heterocycles. The molecule has 2 N–H and O–H groups in total. The van der Waals surface area contributed by atoms with Gasteiger partial charge in [0.15, 0.2) is 0 Å². The fourth-order valence-electron chi connectivity index (χ4n) is 2.59. The van der Waals surface area contributed by atoms with Gasteiger partial charge >= 0.3 is 0 Å². The molecule has 0 radical (unpaired) electrons. The van der Waals surface area contributed by atoms with Crippen LogP contribution in [0.4, 0.5) is 0 Å². The Bertz CT molecular complexity index is 523. The SMILES string of the molecule is CC1CC(N)CCN1Cc1coc(-c2cccs2)n1. The summed E-state index contributed by atoms with van der Waals surface area (Å²) in [5.41, 5.74) is 6.99. The summed E-state index contributed by atoms with van der Waals surface area (Å²) in [5, 5.41) is 2.04. The highest BCUT2D eigenvalue weighted by atomic mass is 32.1. The van der Waals surface area contributed by atoms with E-state index in [2.05, 4.69) is 16.8 Å². The molecule has 0 aliphatic carbocycles. The molecule has 2 unspecified atom stereocenters. The second-order valence-electron chi connectivity index (χ2n) is 5.23. The van der Waals surface area contributed by atoms with E-state index >= 15 is 0 Å². The molecule has 2 aromatic heterocycles. The summed E-state index contributed by atoms with van der Waals surface area (Å²) in [5.74, 6) is 0.728. The van der Waals surface area contributed by atoms with Crippen molar-refractivity contribution in [1.29, 1.82) is 0 Å². The van der Waals surface area contributed by atoms with Crippen LogP contribution in [-0.2, 0) is 6.54 Å². The van der Waals surface area contributed by atoms with Gasteiger partial charge in [-0.3, -0.25) is 4.90 Å². The maximum atomic E-state index is 5.99. The zero-order valence-corrected chi connectivity index (χ0v) is 11.9. The van der Waals surface area contributed by atoms with Crippen molar-refractivity contribution >= 4 is 11.3 Å². The van der Waals surface area contributed by atoms with Crippen LogP contribution in [0.5, 0.6) is 0 Å². The molecule has 0 saturated carbocycles. The van der Waals surface area contributed by atoms with E-state index in [1.165, 1.54) is 0 Å². The van der Waals surface area contributed by atoms with Crippen LogP contribution < -0.4 is 5.73 Å². The molecule has 1 saturated heterocycles. The highest BCUT2D eigenvalue weighted by Gasteiger charge is 2.24. The Morgan fingerprint density at radius 1 is 1.58 bits per heavy atom. The third-order valence-corrected chi connectivity index (χ3v) is 4.56. The third-order valence-electron chi connectivity index (χ3n) is 3.70. The Kier molecular flexibility index (Phi) is 3.68. The molecular weight excluding hydrogens is 258 g/mol. The lowest BCUT2D eigenvalue weighted by Crippen LogP contribution is -2.45. The number of nitrogens with two attached hydrogens (primary N) is 1. The Morgan fingerprint density at radius 3 is 3.21 bits per heavy atom. The average Bonchev–Trinajstić information content (AvgIpc) is 3.03. The molecule has 2 atom stereocenters. The van der Waals surface area contributed by atoms with Crippen molar-refractivity contribution < 1.29 is 4.42 Å². The van der Waals surface area contributed by atoms with Crippen molar-refractivity contribution in [1.82, 2.24) is 9.88 Å². The monoisotopic (exact) mass is 277 g/mol. The minimum Gasteiger partial charge on any atom is -0.444 e. The van der Waals surface area contributed by atoms with Crippen LogP contribution in [0.1, 0.15) is 25.5 Å². The largest absolute Gasteiger partial charge is 0.444 e. The van der Waals surface area contributed by atoms with E-state index < -0.39 is 0 Å². The van der Waals surface area contributed by atoms with Gasteiger partial charge in [0.25, 0.3) is 0 Å². The maximum Gasteiger partial charge on any atom is 0.236 e. The molecular formula is C14H19N3OS. The number of rotatable bonds is 3. The summed E-state index contributed by atoms with van der Waals surface area (Å²) in [7, 11) is 0. The predicted molar refractivity (Wildman–Crippen MR) is 76.9 cm³/mol. The smallest absolute Gasteiger partial charge is 0.236 e. The Morgan fingerprint density at radius 2 is 2.47 bits per heavy atom. The lowest BCUT2D eigenvalue weighted by atomic mass is 9.99. The van der Waals surface area contributed by atoms with Crippen molar-refractivity contribution in [3.05, 3.63) is 29.5 Å². The van der Waals surface area contributed by atoms with Crippen LogP contribution in [-0.4, -0.2) is 28.5 Å². The van der Waals surface area contributed by atoms with Crippen LogP contribution in [0.2, 0.25) is 0 Å². The molecule has 1 aliphatic rings. The highest BCUT2D eigenvalue weighted by molar-refractivity contribution is 7.13. The average molecular weight is 277 g/mol. The minimum atomic E-state index is 0.352. The molecule has 1 aliphatic heterocycles. The first-order valence-corrected chi connectivity index (χ1v) is 7.58. The summed E-state index contributed by atoms with van der Waals surface area (Å²) >= 11 is 1.65. The van der Waals surface area contributed by atoms with Crippen LogP contribution in [0, 0.1) is 0 Å². The van der Waals surface area contributed by atoms with Gasteiger partial charge < -0.3 is 10.2 Å². The van der Waals surface area contributed by atoms with Crippen molar-refractivity contribution in [3.8, 4) is 10.8 Å². The van der Waals surface area contributed by atoms with Crippen molar-refractivity contribution in [2.24, 2.45) is 5.73 Å². The maximum absolute atomic E-state index is 5.99. The number of thiophene rings is 1. The van der Waals surface area contributed by atoms with E-state index in [4.69, 9.17) is 10.2 Å². The number of piperidine rings is 1. The van der Waals surface area contributed by atoms with Gasteiger partial charge in [-0.05, 0) is 31.2 Å². The van der Waals surface area contributed by atoms with Crippen molar-refractivity contribution in [2.45, 2.75) is 38.4 Å². The fraction of sp³-hybridized carbons (Fsp3) is 0.500. The summed E-state index contributed by atoms with van der Waals surface area (Å²) in [6.07, 6.45) is 3.91. The molecule has 19 heavy (non-hydrogen) atoms. The minimum absolute atomic E-state index is 0.352. The number of hydrogen-bond donors (Lipinski definition) is 1. The van der Waals surface area contributed by atoms with E-state index in [1.54, 1.807) is 17.6 Å². The highest BCUT2D eigenvalue weighted by Crippen LogP contribution is 2.25. The summed E-state index contributed by atoms with van der Waals surface area (Å²) in [6.45, 7) is 4.13. The molecule has 2 aromatic rings. The molecule has 0 amide bonds. The molecule has 1 fully saturated rings. The number of nitrogens with zero attached hydrogens (tertiary/aromatic N) is 2. The zero-order chi connectivity index (χ0) is 13.2. The van der Waals surface area contributed by atoms with Gasteiger partial charge in [0.1, 0.15) is 6.26 Å². The standard InChI is InChI=1S/C14H19N3OS/c1-10-7-11(15)4-5-17(10)8-12-9-18-14(16-12)13-3-2-6-19-13/h2-3,6,9-11H,4-5,7-8,15H2,1H3.